The number of aromatic nitrogens is 4. The van der Waals surface area contributed by atoms with E-state index in [1.165, 1.54) is 16.5 Å². The van der Waals surface area contributed by atoms with Gasteiger partial charge in [-0.3, -0.25) is 9.55 Å². The normalized spacial score (nSPS) is 12.6. The van der Waals surface area contributed by atoms with E-state index in [9.17, 15) is 5.11 Å². The highest BCUT2D eigenvalue weighted by atomic mass is 16.3. The molecule has 0 radical (unpaired) electrons. The van der Waals surface area contributed by atoms with Crippen LogP contribution in [0.3, 0.4) is 0 Å². The third-order valence-corrected chi connectivity index (χ3v) is 15.2. The second kappa shape index (κ2) is 17.9. The molecule has 0 aliphatic carbocycles. The molecule has 0 saturated heterocycles. The predicted octanol–water partition coefficient (Wildman–Crippen LogP) is 18.1. The molecule has 0 aliphatic heterocycles. The van der Waals surface area contributed by atoms with Crippen molar-refractivity contribution in [3.05, 3.63) is 222 Å². The molecule has 0 spiro atoms. The van der Waals surface area contributed by atoms with Gasteiger partial charge in [-0.15, -0.1) is 0 Å². The average Bonchev–Trinajstić information content (AvgIpc) is 3.94. The van der Waals surface area contributed by atoms with Gasteiger partial charge in [-0.2, -0.15) is 0 Å². The van der Waals surface area contributed by atoms with Crippen LogP contribution in [0.2, 0.25) is 0 Å². The summed E-state index contributed by atoms with van der Waals surface area (Å²) in [4.78, 5) is 11.1. The fourth-order valence-electron chi connectivity index (χ4n) is 10.8. The molecule has 74 heavy (non-hydrogen) atoms. The number of imidazole rings is 1. The van der Waals surface area contributed by atoms with Gasteiger partial charge in [0.25, 0.3) is 0 Å². The van der Waals surface area contributed by atoms with Crippen LogP contribution in [0.15, 0.2) is 194 Å². The summed E-state index contributed by atoms with van der Waals surface area (Å²) >= 11 is 0. The summed E-state index contributed by atoms with van der Waals surface area (Å²) in [5.41, 5.74) is 17.5. The first-order valence-electron chi connectivity index (χ1n) is 26.0. The minimum absolute atomic E-state index is 0.0935. The standard InChI is InChI=1S/C69H66N4O/c1-66(2,3)48-34-35-60(54(39-48)44-24-15-12-16-25-44)73-61-33-23-31-52(63(61)71-65(73)55-40-49(67(4,5)6)41-57(64(55)74)68(7,8)9)45-36-46(38-50(37-45)69(10,11)47-26-17-13-18-27-47)58-42-62-56(43-70-58)53-30-21-22-32-59(53)72(62)51-28-19-14-20-29-51/h12-43,74H,1-11H3. The van der Waals surface area contributed by atoms with E-state index in [2.05, 4.69) is 280 Å². The van der Waals surface area contributed by atoms with E-state index in [0.717, 1.165) is 89.0 Å². The highest BCUT2D eigenvalue weighted by molar-refractivity contribution is 6.09. The van der Waals surface area contributed by atoms with Gasteiger partial charge in [0.05, 0.1) is 39.0 Å². The van der Waals surface area contributed by atoms with Crippen molar-refractivity contribution in [3.8, 4) is 62.0 Å². The molecule has 0 unspecified atom stereocenters. The predicted molar refractivity (Wildman–Crippen MR) is 311 cm³/mol. The Bertz CT molecular complexity index is 3910. The topological polar surface area (TPSA) is 55.9 Å². The second-order valence-electron chi connectivity index (χ2n) is 23.8. The maximum absolute atomic E-state index is 12.7. The molecular formula is C69H66N4O. The van der Waals surface area contributed by atoms with Crippen LogP contribution >= 0.6 is 0 Å². The van der Waals surface area contributed by atoms with Crippen LogP contribution in [-0.4, -0.2) is 24.2 Å². The molecule has 0 bridgehead atoms. The minimum Gasteiger partial charge on any atom is -0.507 e. The van der Waals surface area contributed by atoms with Crippen molar-refractivity contribution in [3.63, 3.8) is 0 Å². The van der Waals surface area contributed by atoms with Crippen molar-refractivity contribution in [2.24, 2.45) is 0 Å². The molecular weight excluding hydrogens is 901 g/mol. The van der Waals surface area contributed by atoms with Gasteiger partial charge in [0.2, 0.25) is 0 Å². The van der Waals surface area contributed by atoms with Gasteiger partial charge in [-0.1, -0.05) is 204 Å². The maximum atomic E-state index is 12.7. The second-order valence-corrected chi connectivity index (χ2v) is 23.8. The Morgan fingerprint density at radius 1 is 0.405 bits per heavy atom. The lowest BCUT2D eigenvalue weighted by Crippen LogP contribution is -2.19. The number of benzene rings is 8. The lowest BCUT2D eigenvalue weighted by Gasteiger charge is -2.28. The van der Waals surface area contributed by atoms with Gasteiger partial charge >= 0.3 is 0 Å². The maximum Gasteiger partial charge on any atom is 0.149 e. The van der Waals surface area contributed by atoms with Crippen molar-refractivity contribution in [1.82, 2.24) is 19.1 Å². The van der Waals surface area contributed by atoms with E-state index >= 15 is 0 Å². The van der Waals surface area contributed by atoms with E-state index < -0.39 is 0 Å². The summed E-state index contributed by atoms with van der Waals surface area (Å²) in [7, 11) is 0. The Morgan fingerprint density at radius 3 is 1.72 bits per heavy atom. The van der Waals surface area contributed by atoms with Crippen LogP contribution in [0.4, 0.5) is 0 Å². The highest BCUT2D eigenvalue weighted by Crippen LogP contribution is 2.47. The summed E-state index contributed by atoms with van der Waals surface area (Å²) < 4.78 is 4.66. The molecule has 0 atom stereocenters. The van der Waals surface area contributed by atoms with E-state index in [1.807, 2.05) is 0 Å². The van der Waals surface area contributed by atoms with E-state index in [0.29, 0.717) is 11.4 Å². The molecule has 0 fully saturated rings. The number of para-hydroxylation sites is 3. The Morgan fingerprint density at radius 2 is 1.03 bits per heavy atom. The summed E-state index contributed by atoms with van der Waals surface area (Å²) in [6.45, 7) is 24.7. The van der Waals surface area contributed by atoms with E-state index in [4.69, 9.17) is 9.97 Å². The molecule has 0 amide bonds. The minimum atomic E-state index is -0.380. The Labute approximate surface area is 436 Å². The summed E-state index contributed by atoms with van der Waals surface area (Å²) in [6.07, 6.45) is 2.05. The first-order chi connectivity index (χ1) is 35.3. The summed E-state index contributed by atoms with van der Waals surface area (Å²) in [5.74, 6) is 0.934. The van der Waals surface area contributed by atoms with Crippen molar-refractivity contribution < 1.29 is 5.11 Å². The number of nitrogens with zero attached hydrogens (tertiary/aromatic N) is 4. The number of aromatic hydroxyl groups is 1. The zero-order chi connectivity index (χ0) is 51.9. The quantitative estimate of drug-likeness (QED) is 0.165. The van der Waals surface area contributed by atoms with Crippen molar-refractivity contribution in [2.75, 3.05) is 0 Å². The van der Waals surface area contributed by atoms with Crippen LogP contribution < -0.4 is 0 Å². The number of rotatable bonds is 8. The molecule has 8 aromatic carbocycles. The molecule has 0 aliphatic rings. The van der Waals surface area contributed by atoms with E-state index in [1.54, 1.807) is 0 Å². The number of phenols is 1. The third kappa shape index (κ3) is 8.48. The lowest BCUT2D eigenvalue weighted by atomic mass is 9.76. The van der Waals surface area contributed by atoms with Crippen LogP contribution in [0, 0.1) is 0 Å². The highest BCUT2D eigenvalue weighted by Gasteiger charge is 2.31. The van der Waals surface area contributed by atoms with Crippen LogP contribution in [0.25, 0.3) is 89.1 Å². The Balaban J connectivity index is 1.22. The molecule has 0 saturated carbocycles. The van der Waals surface area contributed by atoms with Crippen LogP contribution in [-0.2, 0) is 21.7 Å². The smallest absolute Gasteiger partial charge is 0.149 e. The van der Waals surface area contributed by atoms with Crippen molar-refractivity contribution >= 4 is 32.8 Å². The molecule has 3 heterocycles. The molecule has 3 aromatic heterocycles. The average molecular weight is 967 g/mol. The molecule has 11 rings (SSSR count). The number of phenolic OH excluding ortho intramolecular Hbond substituents is 1. The van der Waals surface area contributed by atoms with Gasteiger partial charge in [-0.05, 0) is 110 Å². The fraction of sp³-hybridized carbons (Fsp3) is 0.217. The Hall–Kier alpha value is -8.02. The molecule has 11 aromatic rings. The monoisotopic (exact) mass is 967 g/mol. The molecule has 5 heteroatoms. The molecule has 368 valence electrons. The van der Waals surface area contributed by atoms with Gasteiger partial charge < -0.3 is 9.67 Å². The largest absolute Gasteiger partial charge is 0.507 e. The van der Waals surface area contributed by atoms with Crippen molar-refractivity contribution in [1.29, 1.82) is 0 Å². The fourth-order valence-corrected chi connectivity index (χ4v) is 10.8. The van der Waals surface area contributed by atoms with Gasteiger partial charge in [-0.25, -0.2) is 4.98 Å². The van der Waals surface area contributed by atoms with Gasteiger partial charge in [0, 0.05) is 50.3 Å². The van der Waals surface area contributed by atoms with Gasteiger partial charge in [0.15, 0.2) is 0 Å². The number of pyridine rings is 1. The Kier molecular flexibility index (Phi) is 11.7. The van der Waals surface area contributed by atoms with E-state index in [-0.39, 0.29) is 27.4 Å². The zero-order valence-corrected chi connectivity index (χ0v) is 44.7. The third-order valence-electron chi connectivity index (χ3n) is 15.2. The summed E-state index contributed by atoms with van der Waals surface area (Å²) in [6, 6.07) is 67.7. The zero-order valence-electron chi connectivity index (χ0n) is 44.7. The molecule has 5 nitrogen and oxygen atoms in total. The first-order valence-corrected chi connectivity index (χ1v) is 26.0. The number of fused-ring (bicyclic) bond motifs is 4. The SMILES string of the molecule is CC(C)(C)c1ccc(-n2c(-c3cc(C(C)(C)C)cc(C(C)(C)C)c3O)nc3c(-c4cc(-c5cc6c(cn5)c5ccccc5n6-c5ccccc5)cc(C(C)(C)c5ccccc5)c4)cccc32)c(-c2ccccc2)c1. The molecule has 1 N–H and O–H groups in total. The van der Waals surface area contributed by atoms with Gasteiger partial charge in [0.1, 0.15) is 11.6 Å². The summed E-state index contributed by atoms with van der Waals surface area (Å²) in [5, 5.41) is 15.0. The van der Waals surface area contributed by atoms with Crippen LogP contribution in [0.5, 0.6) is 5.75 Å². The van der Waals surface area contributed by atoms with Crippen LogP contribution in [0.1, 0.15) is 104 Å². The van der Waals surface area contributed by atoms with Crippen molar-refractivity contribution in [2.45, 2.75) is 97.8 Å². The lowest BCUT2D eigenvalue weighted by molar-refractivity contribution is 0.446. The number of hydrogen-bond donors (Lipinski definition) is 1. The first kappa shape index (κ1) is 48.3. The number of hydrogen-bond acceptors (Lipinski definition) is 3.